The molecule has 1 aromatic carbocycles. The number of halogens is 2. The molecular formula is C18H14Br2N2O. The number of rotatable bonds is 4. The summed E-state index contributed by atoms with van der Waals surface area (Å²) in [5.41, 5.74) is 2.48. The van der Waals surface area contributed by atoms with E-state index >= 15 is 0 Å². The summed E-state index contributed by atoms with van der Waals surface area (Å²) in [6.07, 6.45) is 3.66. The summed E-state index contributed by atoms with van der Waals surface area (Å²) < 4.78 is 2.89. The Morgan fingerprint density at radius 2 is 1.74 bits per heavy atom. The van der Waals surface area contributed by atoms with Gasteiger partial charge in [-0.05, 0) is 30.3 Å². The normalized spacial score (nSPS) is 9.96. The average molecular weight is 434 g/mol. The molecular weight excluding hydrogens is 420 g/mol. The molecule has 0 aliphatic carbocycles. The van der Waals surface area contributed by atoms with Gasteiger partial charge in [-0.2, -0.15) is 4.57 Å². The topological polar surface area (TPSA) is 33.8 Å². The second-order valence-electron chi connectivity index (χ2n) is 4.86. The molecule has 3 nitrogen and oxygen atoms in total. The van der Waals surface area contributed by atoms with E-state index in [9.17, 15) is 4.79 Å². The van der Waals surface area contributed by atoms with E-state index in [1.165, 1.54) is 0 Å². The lowest BCUT2D eigenvalue weighted by Gasteiger charge is -2.03. The van der Waals surface area contributed by atoms with E-state index in [4.69, 9.17) is 0 Å². The quantitative estimate of drug-likeness (QED) is 0.448. The van der Waals surface area contributed by atoms with E-state index in [0.29, 0.717) is 5.56 Å². The molecule has 0 radical (unpaired) electrons. The van der Waals surface area contributed by atoms with Gasteiger partial charge in [0.15, 0.2) is 6.20 Å². The minimum atomic E-state index is 0. The zero-order valence-corrected chi connectivity index (χ0v) is 15.4. The molecule has 0 fully saturated rings. The lowest BCUT2D eigenvalue weighted by molar-refractivity contribution is -0.672. The number of carbonyl (C=O) groups excluding carboxylic acids is 1. The monoisotopic (exact) mass is 432 g/mol. The number of benzene rings is 1. The number of ketones is 1. The zero-order valence-electron chi connectivity index (χ0n) is 12.2. The first-order valence-corrected chi connectivity index (χ1v) is 7.72. The lowest BCUT2D eigenvalue weighted by atomic mass is 10.1. The van der Waals surface area contributed by atoms with Gasteiger partial charge in [0.05, 0.1) is 0 Å². The molecule has 0 unspecified atom stereocenters. The van der Waals surface area contributed by atoms with Crippen molar-refractivity contribution in [3.63, 3.8) is 0 Å². The van der Waals surface area contributed by atoms with Crippen LogP contribution in [0.25, 0.3) is 11.4 Å². The number of hydrogen-bond donors (Lipinski definition) is 0. The van der Waals surface area contributed by atoms with Gasteiger partial charge in [0, 0.05) is 28.4 Å². The summed E-state index contributed by atoms with van der Waals surface area (Å²) in [6.45, 7) is 0.286. The summed E-state index contributed by atoms with van der Waals surface area (Å²) in [7, 11) is 0. The van der Waals surface area contributed by atoms with Crippen LogP contribution in [0.5, 0.6) is 0 Å². The second kappa shape index (κ2) is 8.13. The Hall–Kier alpha value is -1.85. The van der Waals surface area contributed by atoms with E-state index < -0.39 is 0 Å². The number of hydrogen-bond acceptors (Lipinski definition) is 2. The minimum absolute atomic E-state index is 0. The molecule has 3 aromatic rings. The van der Waals surface area contributed by atoms with Gasteiger partial charge in [-0.15, -0.1) is 0 Å². The molecule has 2 heterocycles. The molecule has 0 saturated carbocycles. The van der Waals surface area contributed by atoms with Gasteiger partial charge in [-0.25, -0.2) is 4.98 Å². The van der Waals surface area contributed by atoms with Crippen molar-refractivity contribution >= 4 is 21.7 Å². The second-order valence-corrected chi connectivity index (χ2v) is 5.77. The fourth-order valence-corrected chi connectivity index (χ4v) is 2.51. The van der Waals surface area contributed by atoms with E-state index in [0.717, 1.165) is 15.9 Å². The molecule has 0 aliphatic rings. The molecule has 0 N–H and O–H groups in total. The van der Waals surface area contributed by atoms with Crippen molar-refractivity contribution < 1.29 is 26.3 Å². The Morgan fingerprint density at radius 3 is 2.43 bits per heavy atom. The summed E-state index contributed by atoms with van der Waals surface area (Å²) in [6, 6.07) is 19.0. The molecule has 3 rings (SSSR count). The highest BCUT2D eigenvalue weighted by Gasteiger charge is 2.17. The number of pyridine rings is 2. The standard InChI is InChI=1S/C18H14BrN2O.BrH/c19-15-9-7-14(8-10-15)18(22)13-21-12-4-2-6-17(21)16-5-1-3-11-20-16;/h1-12H,13H2;1H/q+1;/p-1. The fraction of sp³-hybridized carbons (Fsp3) is 0.0556. The lowest BCUT2D eigenvalue weighted by Crippen LogP contribution is -3.00. The molecule has 116 valence electrons. The molecule has 23 heavy (non-hydrogen) atoms. The Labute approximate surface area is 153 Å². The summed E-state index contributed by atoms with van der Waals surface area (Å²) in [5.74, 6) is 0.0703. The predicted molar refractivity (Wildman–Crippen MR) is 88.3 cm³/mol. The highest BCUT2D eigenvalue weighted by Crippen LogP contribution is 2.13. The molecule has 0 amide bonds. The maximum absolute atomic E-state index is 12.5. The maximum Gasteiger partial charge on any atom is 0.231 e. The van der Waals surface area contributed by atoms with Crippen molar-refractivity contribution in [3.05, 3.63) is 83.1 Å². The van der Waals surface area contributed by atoms with E-state index in [-0.39, 0.29) is 29.3 Å². The minimum Gasteiger partial charge on any atom is -1.00 e. The highest BCUT2D eigenvalue weighted by atomic mass is 79.9. The fourth-order valence-electron chi connectivity index (χ4n) is 2.24. The zero-order chi connectivity index (χ0) is 15.4. The number of nitrogens with zero attached hydrogens (tertiary/aromatic N) is 2. The SMILES string of the molecule is O=C(C[n+]1ccccc1-c1ccccn1)c1ccc(Br)cc1.[Br-]. The number of aromatic nitrogens is 2. The van der Waals surface area contributed by atoms with Gasteiger partial charge in [0.2, 0.25) is 18.0 Å². The smallest absolute Gasteiger partial charge is 0.231 e. The first-order valence-electron chi connectivity index (χ1n) is 6.93. The van der Waals surface area contributed by atoms with Crippen molar-refractivity contribution in [2.24, 2.45) is 0 Å². The Bertz CT molecular complexity index is 790. The third kappa shape index (κ3) is 4.33. The van der Waals surface area contributed by atoms with Crippen LogP contribution in [-0.4, -0.2) is 10.8 Å². The van der Waals surface area contributed by atoms with Gasteiger partial charge in [0.1, 0.15) is 5.69 Å². The number of carbonyl (C=O) groups is 1. The predicted octanol–water partition coefficient (Wildman–Crippen LogP) is 0.685. The van der Waals surface area contributed by atoms with Gasteiger partial charge >= 0.3 is 0 Å². The Kier molecular flexibility index (Phi) is 6.19. The summed E-state index contributed by atoms with van der Waals surface area (Å²) in [4.78, 5) is 16.8. The Balaban J connectivity index is 0.00000192. The first-order chi connectivity index (χ1) is 10.7. The van der Waals surface area contributed by atoms with Crippen molar-refractivity contribution in [2.45, 2.75) is 6.54 Å². The van der Waals surface area contributed by atoms with E-state index in [2.05, 4.69) is 20.9 Å². The summed E-state index contributed by atoms with van der Waals surface area (Å²) in [5, 5.41) is 0. The van der Waals surface area contributed by atoms with Crippen LogP contribution in [0, 0.1) is 0 Å². The van der Waals surface area contributed by atoms with Crippen LogP contribution in [0.4, 0.5) is 0 Å². The summed E-state index contributed by atoms with van der Waals surface area (Å²) >= 11 is 3.38. The van der Waals surface area contributed by atoms with Crippen LogP contribution in [0.2, 0.25) is 0 Å². The van der Waals surface area contributed by atoms with Crippen LogP contribution >= 0.6 is 15.9 Å². The van der Waals surface area contributed by atoms with Crippen LogP contribution < -0.4 is 21.5 Å². The van der Waals surface area contributed by atoms with Crippen LogP contribution in [0.3, 0.4) is 0 Å². The third-order valence-electron chi connectivity index (χ3n) is 3.35. The third-order valence-corrected chi connectivity index (χ3v) is 3.88. The van der Waals surface area contributed by atoms with Gasteiger partial charge in [-0.3, -0.25) is 4.79 Å². The first kappa shape index (κ1) is 17.5. The maximum atomic E-state index is 12.5. The van der Waals surface area contributed by atoms with Crippen LogP contribution in [0.15, 0.2) is 77.5 Å². The molecule has 0 saturated heterocycles. The molecule has 2 aromatic heterocycles. The molecule has 0 aliphatic heterocycles. The molecule has 0 atom stereocenters. The largest absolute Gasteiger partial charge is 1.00 e. The van der Waals surface area contributed by atoms with E-state index in [1.807, 2.05) is 71.4 Å². The van der Waals surface area contributed by atoms with Crippen molar-refractivity contribution in [3.8, 4) is 11.4 Å². The van der Waals surface area contributed by atoms with Crippen molar-refractivity contribution in [2.75, 3.05) is 0 Å². The van der Waals surface area contributed by atoms with Crippen molar-refractivity contribution in [1.29, 1.82) is 0 Å². The molecule has 0 bridgehead atoms. The molecule has 5 heteroatoms. The van der Waals surface area contributed by atoms with Crippen LogP contribution in [-0.2, 0) is 6.54 Å². The molecule has 0 spiro atoms. The van der Waals surface area contributed by atoms with Gasteiger partial charge in [0.25, 0.3) is 0 Å². The number of Topliss-reactive ketones (excluding diaryl/α,β-unsaturated/α-hetero) is 1. The van der Waals surface area contributed by atoms with Gasteiger partial charge < -0.3 is 17.0 Å². The van der Waals surface area contributed by atoms with Crippen molar-refractivity contribution in [1.82, 2.24) is 4.98 Å². The Morgan fingerprint density at radius 1 is 1.00 bits per heavy atom. The van der Waals surface area contributed by atoms with E-state index in [1.54, 1.807) is 6.20 Å². The van der Waals surface area contributed by atoms with Gasteiger partial charge in [-0.1, -0.05) is 34.1 Å². The highest BCUT2D eigenvalue weighted by molar-refractivity contribution is 9.10. The van der Waals surface area contributed by atoms with Crippen LogP contribution in [0.1, 0.15) is 10.4 Å². The average Bonchev–Trinajstić information content (AvgIpc) is 2.57.